The molecule has 0 amide bonds. The zero-order chi connectivity index (χ0) is 12.2. The van der Waals surface area contributed by atoms with Crippen molar-refractivity contribution in [3.63, 3.8) is 0 Å². The van der Waals surface area contributed by atoms with E-state index in [9.17, 15) is 4.79 Å². The summed E-state index contributed by atoms with van der Waals surface area (Å²) >= 11 is 3.66. The zero-order valence-corrected chi connectivity index (χ0v) is 12.3. The van der Waals surface area contributed by atoms with Gasteiger partial charge in [-0.2, -0.15) is 11.8 Å². The molecule has 1 rings (SSSR count). The van der Waals surface area contributed by atoms with Crippen molar-refractivity contribution in [2.75, 3.05) is 17.3 Å². The van der Waals surface area contributed by atoms with E-state index in [4.69, 9.17) is 4.74 Å². The third-order valence-corrected chi connectivity index (χ3v) is 5.80. The fraction of sp³-hybridized carbons (Fsp3) is 0.917. The minimum Gasteiger partial charge on any atom is -0.447 e. The second-order valence-corrected chi connectivity index (χ2v) is 7.68. The van der Waals surface area contributed by atoms with Gasteiger partial charge in [-0.1, -0.05) is 6.92 Å². The maximum Gasteiger partial charge on any atom is 0.312 e. The predicted molar refractivity (Wildman–Crippen MR) is 73.0 cm³/mol. The fourth-order valence-electron chi connectivity index (χ4n) is 1.29. The molecule has 1 saturated heterocycles. The summed E-state index contributed by atoms with van der Waals surface area (Å²) in [6.07, 6.45) is 2.03. The normalized spacial score (nSPS) is 27.2. The number of ether oxygens (including phenoxy) is 1. The van der Waals surface area contributed by atoms with E-state index in [0.717, 1.165) is 17.9 Å². The molecule has 0 aromatic heterocycles. The molecule has 0 spiro atoms. The Labute approximate surface area is 107 Å². The second-order valence-electron chi connectivity index (χ2n) is 5.02. The molecule has 0 aromatic carbocycles. The van der Waals surface area contributed by atoms with Crippen molar-refractivity contribution in [3.05, 3.63) is 0 Å². The minimum absolute atomic E-state index is 0.0625. The van der Waals surface area contributed by atoms with Crippen molar-refractivity contribution in [1.29, 1.82) is 0 Å². The minimum atomic E-state index is -0.361. The molecule has 0 saturated carbocycles. The largest absolute Gasteiger partial charge is 0.447 e. The van der Waals surface area contributed by atoms with Gasteiger partial charge in [0, 0.05) is 5.75 Å². The summed E-state index contributed by atoms with van der Waals surface area (Å²) in [6, 6.07) is 0. The first kappa shape index (κ1) is 14.2. The van der Waals surface area contributed by atoms with Crippen LogP contribution in [-0.4, -0.2) is 28.2 Å². The molecule has 0 bridgehead atoms. The van der Waals surface area contributed by atoms with Gasteiger partial charge in [-0.25, -0.2) is 0 Å². The van der Waals surface area contributed by atoms with Gasteiger partial charge < -0.3 is 4.74 Å². The first-order valence-corrected chi connectivity index (χ1v) is 7.99. The van der Waals surface area contributed by atoms with Crippen LogP contribution in [0.3, 0.4) is 0 Å². The number of thioether (sulfide) groups is 2. The molecule has 0 aromatic rings. The fourth-order valence-corrected chi connectivity index (χ4v) is 3.83. The second kappa shape index (κ2) is 5.67. The van der Waals surface area contributed by atoms with Crippen LogP contribution < -0.4 is 0 Å². The van der Waals surface area contributed by atoms with Crippen LogP contribution in [0.4, 0.5) is 0 Å². The van der Waals surface area contributed by atoms with Crippen LogP contribution in [0.1, 0.15) is 40.5 Å². The lowest BCUT2D eigenvalue weighted by molar-refractivity contribution is -0.160. The van der Waals surface area contributed by atoms with E-state index < -0.39 is 0 Å². The molecule has 16 heavy (non-hydrogen) atoms. The van der Waals surface area contributed by atoms with E-state index in [2.05, 4.69) is 0 Å². The molecule has 0 aliphatic carbocycles. The highest BCUT2D eigenvalue weighted by atomic mass is 32.2. The maximum absolute atomic E-state index is 12.0. The van der Waals surface area contributed by atoms with Crippen molar-refractivity contribution in [3.8, 4) is 0 Å². The third kappa shape index (κ3) is 3.88. The van der Waals surface area contributed by atoms with Crippen molar-refractivity contribution < 1.29 is 9.53 Å². The molecule has 2 nitrogen and oxygen atoms in total. The number of esters is 1. The van der Waals surface area contributed by atoms with Crippen LogP contribution in [-0.2, 0) is 9.53 Å². The van der Waals surface area contributed by atoms with Gasteiger partial charge in [0.15, 0.2) is 4.93 Å². The van der Waals surface area contributed by atoms with Crippen LogP contribution in [0.5, 0.6) is 0 Å². The van der Waals surface area contributed by atoms with E-state index in [0.29, 0.717) is 0 Å². The maximum atomic E-state index is 12.0. The summed E-state index contributed by atoms with van der Waals surface area (Å²) in [5.41, 5.74) is -0.361. The third-order valence-electron chi connectivity index (χ3n) is 2.95. The lowest BCUT2D eigenvalue weighted by atomic mass is 9.91. The Morgan fingerprint density at radius 1 is 1.44 bits per heavy atom. The van der Waals surface area contributed by atoms with Gasteiger partial charge in [-0.15, -0.1) is 11.8 Å². The van der Waals surface area contributed by atoms with E-state index in [-0.39, 0.29) is 16.3 Å². The van der Waals surface area contributed by atoms with Gasteiger partial charge in [-0.3, -0.25) is 4.79 Å². The zero-order valence-electron chi connectivity index (χ0n) is 10.7. The van der Waals surface area contributed by atoms with Crippen LogP contribution in [0.25, 0.3) is 0 Å². The molecular formula is C12H22O2S2. The summed E-state index contributed by atoms with van der Waals surface area (Å²) in [4.78, 5) is 11.7. The number of hydrogen-bond acceptors (Lipinski definition) is 4. The molecule has 0 N–H and O–H groups in total. The van der Waals surface area contributed by atoms with Gasteiger partial charge in [0.25, 0.3) is 0 Å². The SMILES string of the molecule is CCC(C)(C)C(=O)OC1(C)CSCCCS1. The van der Waals surface area contributed by atoms with Crippen LogP contribution in [0.2, 0.25) is 0 Å². The Bertz CT molecular complexity index is 243. The standard InChI is InChI=1S/C12H22O2S2/c1-5-11(2,3)10(13)14-12(4)9-15-7-6-8-16-12/h5-9H2,1-4H3. The number of carbonyl (C=O) groups excluding carboxylic acids is 1. The average Bonchev–Trinajstić information content (AvgIpc) is 2.43. The molecule has 94 valence electrons. The summed E-state index contributed by atoms with van der Waals surface area (Å²) < 4.78 is 5.72. The van der Waals surface area contributed by atoms with Gasteiger partial charge >= 0.3 is 5.97 Å². The highest BCUT2D eigenvalue weighted by molar-refractivity contribution is 8.04. The summed E-state index contributed by atoms with van der Waals surface area (Å²) in [6.45, 7) is 7.97. The Morgan fingerprint density at radius 2 is 2.12 bits per heavy atom. The lowest BCUT2D eigenvalue weighted by Gasteiger charge is -2.31. The lowest BCUT2D eigenvalue weighted by Crippen LogP contribution is -2.37. The van der Waals surface area contributed by atoms with Gasteiger partial charge in [0.1, 0.15) is 0 Å². The molecule has 1 aliphatic rings. The Hall–Kier alpha value is 0.170. The van der Waals surface area contributed by atoms with Crippen LogP contribution >= 0.6 is 23.5 Å². The quantitative estimate of drug-likeness (QED) is 0.727. The average molecular weight is 262 g/mol. The van der Waals surface area contributed by atoms with Crippen molar-refractivity contribution in [2.24, 2.45) is 5.41 Å². The van der Waals surface area contributed by atoms with Crippen LogP contribution in [0, 0.1) is 5.41 Å². The molecule has 1 atom stereocenters. The Morgan fingerprint density at radius 3 is 2.75 bits per heavy atom. The molecule has 1 heterocycles. The van der Waals surface area contributed by atoms with Gasteiger partial charge in [-0.05, 0) is 45.1 Å². The first-order valence-electron chi connectivity index (χ1n) is 5.85. The molecule has 1 unspecified atom stereocenters. The topological polar surface area (TPSA) is 26.3 Å². The Kier molecular flexibility index (Phi) is 5.05. The number of carbonyl (C=O) groups is 1. The van der Waals surface area contributed by atoms with Crippen molar-refractivity contribution >= 4 is 29.5 Å². The summed E-state index contributed by atoms with van der Waals surface area (Å²) in [5.74, 6) is 3.11. The monoisotopic (exact) mass is 262 g/mol. The Balaban J connectivity index is 2.60. The van der Waals surface area contributed by atoms with E-state index in [1.165, 1.54) is 12.2 Å². The molecular weight excluding hydrogens is 240 g/mol. The highest BCUT2D eigenvalue weighted by Crippen LogP contribution is 2.36. The molecule has 1 aliphatic heterocycles. The van der Waals surface area contributed by atoms with Crippen molar-refractivity contribution in [1.82, 2.24) is 0 Å². The summed E-state index contributed by atoms with van der Waals surface area (Å²) in [7, 11) is 0. The van der Waals surface area contributed by atoms with Gasteiger partial charge in [0.2, 0.25) is 0 Å². The smallest absolute Gasteiger partial charge is 0.312 e. The first-order chi connectivity index (χ1) is 7.40. The predicted octanol–water partition coefficient (Wildman–Crippen LogP) is 3.55. The molecule has 0 radical (unpaired) electrons. The summed E-state index contributed by atoms with van der Waals surface area (Å²) in [5, 5.41) is 0. The molecule has 4 heteroatoms. The molecule has 1 fully saturated rings. The van der Waals surface area contributed by atoms with E-state index in [1.54, 1.807) is 11.8 Å². The van der Waals surface area contributed by atoms with Crippen molar-refractivity contribution in [2.45, 2.75) is 45.5 Å². The van der Waals surface area contributed by atoms with Gasteiger partial charge in [0.05, 0.1) is 5.41 Å². The van der Waals surface area contributed by atoms with Crippen LogP contribution in [0.15, 0.2) is 0 Å². The highest BCUT2D eigenvalue weighted by Gasteiger charge is 2.36. The number of hydrogen-bond donors (Lipinski definition) is 0. The number of rotatable bonds is 3. The van der Waals surface area contributed by atoms with E-state index in [1.807, 2.05) is 39.5 Å². The van der Waals surface area contributed by atoms with E-state index >= 15 is 0 Å².